The van der Waals surface area contributed by atoms with E-state index in [1.54, 1.807) is 0 Å². The SMILES string of the molecule is Cc1cccc([C@@H](C)NCCN2CCNC2=O)c1. The number of rotatable bonds is 5. The minimum Gasteiger partial charge on any atom is -0.336 e. The van der Waals surface area contributed by atoms with Gasteiger partial charge in [0.25, 0.3) is 0 Å². The van der Waals surface area contributed by atoms with Crippen molar-refractivity contribution in [3.8, 4) is 0 Å². The Labute approximate surface area is 108 Å². The molecular formula is C14H21N3O. The Bertz CT molecular complexity index is 419. The number of amides is 2. The Morgan fingerprint density at radius 2 is 2.33 bits per heavy atom. The molecule has 1 atom stereocenters. The molecule has 4 nitrogen and oxygen atoms in total. The fourth-order valence-electron chi connectivity index (χ4n) is 2.20. The summed E-state index contributed by atoms with van der Waals surface area (Å²) in [6.45, 7) is 7.43. The van der Waals surface area contributed by atoms with Crippen LogP contribution in [0.15, 0.2) is 24.3 Å². The second kappa shape index (κ2) is 5.87. The molecule has 0 spiro atoms. The number of nitrogens with zero attached hydrogens (tertiary/aromatic N) is 1. The van der Waals surface area contributed by atoms with Crippen LogP contribution < -0.4 is 10.6 Å². The van der Waals surface area contributed by atoms with Crippen molar-refractivity contribution < 1.29 is 4.79 Å². The van der Waals surface area contributed by atoms with Crippen LogP contribution in [0.25, 0.3) is 0 Å². The highest BCUT2D eigenvalue weighted by Gasteiger charge is 2.18. The molecule has 0 saturated carbocycles. The molecule has 1 aromatic rings. The van der Waals surface area contributed by atoms with E-state index in [1.165, 1.54) is 11.1 Å². The Hall–Kier alpha value is -1.55. The van der Waals surface area contributed by atoms with Crippen molar-refractivity contribution in [3.05, 3.63) is 35.4 Å². The summed E-state index contributed by atoms with van der Waals surface area (Å²) in [5.41, 5.74) is 2.57. The molecule has 2 rings (SSSR count). The summed E-state index contributed by atoms with van der Waals surface area (Å²) in [4.78, 5) is 13.2. The molecule has 1 aliphatic rings. The molecule has 1 heterocycles. The number of hydrogen-bond donors (Lipinski definition) is 2. The number of urea groups is 1. The van der Waals surface area contributed by atoms with E-state index < -0.39 is 0 Å². The smallest absolute Gasteiger partial charge is 0.317 e. The van der Waals surface area contributed by atoms with E-state index in [4.69, 9.17) is 0 Å². The zero-order valence-electron chi connectivity index (χ0n) is 11.1. The van der Waals surface area contributed by atoms with Gasteiger partial charge in [-0.25, -0.2) is 4.79 Å². The Morgan fingerprint density at radius 1 is 1.50 bits per heavy atom. The highest BCUT2D eigenvalue weighted by Crippen LogP contribution is 2.13. The number of carbonyl (C=O) groups is 1. The zero-order valence-corrected chi connectivity index (χ0v) is 11.1. The normalized spacial score (nSPS) is 16.8. The monoisotopic (exact) mass is 247 g/mol. The first-order valence-corrected chi connectivity index (χ1v) is 6.49. The molecule has 0 bridgehead atoms. The van der Waals surface area contributed by atoms with Crippen LogP contribution in [0.5, 0.6) is 0 Å². The molecule has 2 N–H and O–H groups in total. The van der Waals surface area contributed by atoms with Crippen LogP contribution in [0.3, 0.4) is 0 Å². The van der Waals surface area contributed by atoms with Gasteiger partial charge in [-0.1, -0.05) is 29.8 Å². The van der Waals surface area contributed by atoms with E-state index >= 15 is 0 Å². The Balaban J connectivity index is 1.78. The molecule has 0 radical (unpaired) electrons. The van der Waals surface area contributed by atoms with Crippen LogP contribution in [0.4, 0.5) is 4.79 Å². The fraction of sp³-hybridized carbons (Fsp3) is 0.500. The minimum atomic E-state index is 0.0556. The average Bonchev–Trinajstić information content (AvgIpc) is 2.75. The molecule has 0 aromatic heterocycles. The largest absolute Gasteiger partial charge is 0.336 e. The molecule has 0 unspecified atom stereocenters. The van der Waals surface area contributed by atoms with E-state index in [2.05, 4.69) is 48.7 Å². The van der Waals surface area contributed by atoms with Gasteiger partial charge in [-0.05, 0) is 19.4 Å². The summed E-state index contributed by atoms with van der Waals surface area (Å²) in [6, 6.07) is 8.88. The first kappa shape index (κ1) is 12.9. The fourth-order valence-corrected chi connectivity index (χ4v) is 2.20. The topological polar surface area (TPSA) is 44.4 Å². The molecule has 0 aliphatic carbocycles. The van der Waals surface area contributed by atoms with E-state index in [0.29, 0.717) is 6.04 Å². The predicted octanol–water partition coefficient (Wildman–Crippen LogP) is 1.67. The number of nitrogens with one attached hydrogen (secondary N) is 2. The van der Waals surface area contributed by atoms with Crippen molar-refractivity contribution in [1.82, 2.24) is 15.5 Å². The number of hydrogen-bond acceptors (Lipinski definition) is 2. The van der Waals surface area contributed by atoms with Crippen molar-refractivity contribution in [3.63, 3.8) is 0 Å². The van der Waals surface area contributed by atoms with Crippen LogP contribution in [0, 0.1) is 6.92 Å². The molecule has 1 saturated heterocycles. The summed E-state index contributed by atoms with van der Waals surface area (Å²) in [6.07, 6.45) is 0. The molecule has 98 valence electrons. The maximum absolute atomic E-state index is 11.4. The van der Waals surface area contributed by atoms with Crippen LogP contribution in [-0.2, 0) is 0 Å². The molecule has 4 heteroatoms. The lowest BCUT2D eigenvalue weighted by atomic mass is 10.1. The first-order chi connectivity index (χ1) is 8.66. The lowest BCUT2D eigenvalue weighted by Crippen LogP contribution is -2.35. The van der Waals surface area contributed by atoms with Gasteiger partial charge in [0.15, 0.2) is 0 Å². The van der Waals surface area contributed by atoms with Gasteiger partial charge in [-0.15, -0.1) is 0 Å². The Morgan fingerprint density at radius 3 is 3.00 bits per heavy atom. The summed E-state index contributed by atoms with van der Waals surface area (Å²) >= 11 is 0. The quantitative estimate of drug-likeness (QED) is 0.831. The van der Waals surface area contributed by atoms with Crippen molar-refractivity contribution in [2.75, 3.05) is 26.2 Å². The lowest BCUT2D eigenvalue weighted by molar-refractivity contribution is 0.217. The van der Waals surface area contributed by atoms with E-state index in [0.717, 1.165) is 26.2 Å². The van der Waals surface area contributed by atoms with E-state index in [9.17, 15) is 4.79 Å². The van der Waals surface area contributed by atoms with Crippen molar-refractivity contribution >= 4 is 6.03 Å². The average molecular weight is 247 g/mol. The van der Waals surface area contributed by atoms with Gasteiger partial charge >= 0.3 is 6.03 Å². The third-order valence-electron chi connectivity index (χ3n) is 3.32. The molecule has 1 aromatic carbocycles. The first-order valence-electron chi connectivity index (χ1n) is 6.49. The minimum absolute atomic E-state index is 0.0556. The maximum atomic E-state index is 11.4. The van der Waals surface area contributed by atoms with E-state index in [1.807, 2.05) is 4.90 Å². The van der Waals surface area contributed by atoms with Gasteiger partial charge in [-0.3, -0.25) is 0 Å². The van der Waals surface area contributed by atoms with Crippen LogP contribution in [0.2, 0.25) is 0 Å². The molecule has 1 fully saturated rings. The molecule has 18 heavy (non-hydrogen) atoms. The van der Waals surface area contributed by atoms with E-state index in [-0.39, 0.29) is 6.03 Å². The van der Waals surface area contributed by atoms with Crippen molar-refractivity contribution in [1.29, 1.82) is 0 Å². The van der Waals surface area contributed by atoms with Gasteiger partial charge in [0.2, 0.25) is 0 Å². The number of benzene rings is 1. The lowest BCUT2D eigenvalue weighted by Gasteiger charge is -2.18. The predicted molar refractivity (Wildman–Crippen MR) is 72.6 cm³/mol. The highest BCUT2D eigenvalue weighted by atomic mass is 16.2. The van der Waals surface area contributed by atoms with Crippen LogP contribution in [0.1, 0.15) is 24.1 Å². The third kappa shape index (κ3) is 3.23. The Kier molecular flexibility index (Phi) is 4.20. The molecular weight excluding hydrogens is 226 g/mol. The maximum Gasteiger partial charge on any atom is 0.317 e. The summed E-state index contributed by atoms with van der Waals surface area (Å²) in [7, 11) is 0. The van der Waals surface area contributed by atoms with Gasteiger partial charge in [-0.2, -0.15) is 0 Å². The highest BCUT2D eigenvalue weighted by molar-refractivity contribution is 5.76. The van der Waals surface area contributed by atoms with Crippen molar-refractivity contribution in [2.24, 2.45) is 0 Å². The van der Waals surface area contributed by atoms with Crippen LogP contribution >= 0.6 is 0 Å². The van der Waals surface area contributed by atoms with Gasteiger partial charge in [0.05, 0.1) is 0 Å². The van der Waals surface area contributed by atoms with Crippen LogP contribution in [-0.4, -0.2) is 37.1 Å². The number of carbonyl (C=O) groups excluding carboxylic acids is 1. The summed E-state index contributed by atoms with van der Waals surface area (Å²) in [5, 5.41) is 6.26. The summed E-state index contributed by atoms with van der Waals surface area (Å²) < 4.78 is 0. The summed E-state index contributed by atoms with van der Waals surface area (Å²) in [5.74, 6) is 0. The molecule has 2 amide bonds. The van der Waals surface area contributed by atoms with Gasteiger partial charge in [0.1, 0.15) is 0 Å². The number of aryl methyl sites for hydroxylation is 1. The zero-order chi connectivity index (χ0) is 13.0. The second-order valence-electron chi connectivity index (χ2n) is 4.81. The van der Waals surface area contributed by atoms with Crippen molar-refractivity contribution in [2.45, 2.75) is 19.9 Å². The third-order valence-corrected chi connectivity index (χ3v) is 3.32. The molecule has 1 aliphatic heterocycles. The van der Waals surface area contributed by atoms with Gasteiger partial charge < -0.3 is 15.5 Å². The standard InChI is InChI=1S/C14H21N3O/c1-11-4-3-5-13(10-11)12(2)15-6-8-17-9-7-16-14(17)18/h3-5,10,12,15H,6-9H2,1-2H3,(H,16,18)/t12-/m1/s1. The van der Waals surface area contributed by atoms with Gasteiger partial charge in [0, 0.05) is 32.2 Å². The second-order valence-corrected chi connectivity index (χ2v) is 4.81.